The van der Waals surface area contributed by atoms with Gasteiger partial charge in [-0.3, -0.25) is 9.48 Å². The Kier molecular flexibility index (Phi) is 3.13. The molecule has 0 bridgehead atoms. The molecule has 88 valence electrons. The van der Waals surface area contributed by atoms with Crippen molar-refractivity contribution in [3.63, 3.8) is 0 Å². The van der Waals surface area contributed by atoms with Crippen LogP contribution in [0, 0.1) is 5.82 Å². The first-order valence-corrected chi connectivity index (χ1v) is 5.03. The number of carbonyl (C=O) groups is 1. The number of aliphatic carboxylic acids is 1. The van der Waals surface area contributed by atoms with Crippen LogP contribution in [0.3, 0.4) is 0 Å². The van der Waals surface area contributed by atoms with Crippen molar-refractivity contribution in [2.75, 3.05) is 0 Å². The zero-order valence-corrected chi connectivity index (χ0v) is 8.88. The van der Waals surface area contributed by atoms with Gasteiger partial charge in [0.1, 0.15) is 11.5 Å². The fraction of sp³-hybridized carbons (Fsp3) is 0.182. The molecule has 0 saturated carbocycles. The average molecular weight is 235 g/mol. The van der Waals surface area contributed by atoms with Crippen molar-refractivity contribution in [2.45, 2.75) is 13.0 Å². The van der Waals surface area contributed by atoms with Gasteiger partial charge in [-0.1, -0.05) is 17.3 Å². The van der Waals surface area contributed by atoms with Crippen LogP contribution in [0.15, 0.2) is 30.5 Å². The van der Waals surface area contributed by atoms with Crippen LogP contribution in [0.5, 0.6) is 0 Å². The molecular weight excluding hydrogens is 225 g/mol. The molecule has 0 atom stereocenters. The second kappa shape index (κ2) is 4.73. The van der Waals surface area contributed by atoms with Crippen molar-refractivity contribution in [1.82, 2.24) is 15.0 Å². The third kappa shape index (κ3) is 2.87. The minimum Gasteiger partial charge on any atom is -0.481 e. The Balaban J connectivity index is 2.15. The zero-order valence-electron chi connectivity index (χ0n) is 8.88. The maximum Gasteiger partial charge on any atom is 0.305 e. The third-order valence-corrected chi connectivity index (χ3v) is 2.21. The lowest BCUT2D eigenvalue weighted by atomic mass is 10.2. The minimum atomic E-state index is -0.896. The number of carboxylic acids is 1. The topological polar surface area (TPSA) is 68.0 Å². The van der Waals surface area contributed by atoms with E-state index in [1.54, 1.807) is 18.3 Å². The smallest absolute Gasteiger partial charge is 0.305 e. The molecule has 0 unspecified atom stereocenters. The molecule has 6 heteroatoms. The predicted molar refractivity (Wildman–Crippen MR) is 57.7 cm³/mol. The van der Waals surface area contributed by atoms with Gasteiger partial charge in [-0.15, -0.1) is 5.10 Å². The summed E-state index contributed by atoms with van der Waals surface area (Å²) in [4.78, 5) is 10.4. The molecule has 0 fully saturated rings. The van der Waals surface area contributed by atoms with Crippen molar-refractivity contribution in [1.29, 1.82) is 0 Å². The summed E-state index contributed by atoms with van der Waals surface area (Å²) in [7, 11) is 0. The summed E-state index contributed by atoms with van der Waals surface area (Å²) in [6.45, 7) is 0.248. The van der Waals surface area contributed by atoms with E-state index >= 15 is 0 Å². The maximum atomic E-state index is 13.0. The van der Waals surface area contributed by atoms with Crippen molar-refractivity contribution in [2.24, 2.45) is 0 Å². The highest BCUT2D eigenvalue weighted by molar-refractivity contribution is 5.66. The first-order valence-electron chi connectivity index (χ1n) is 5.03. The highest BCUT2D eigenvalue weighted by atomic mass is 19.1. The van der Waals surface area contributed by atoms with E-state index < -0.39 is 5.97 Å². The van der Waals surface area contributed by atoms with Crippen LogP contribution in [0.25, 0.3) is 11.3 Å². The second-order valence-electron chi connectivity index (χ2n) is 3.52. The van der Waals surface area contributed by atoms with Gasteiger partial charge in [0.05, 0.1) is 19.2 Å². The minimum absolute atomic E-state index is 0.0219. The van der Waals surface area contributed by atoms with Crippen LogP contribution in [0.1, 0.15) is 6.42 Å². The van der Waals surface area contributed by atoms with Crippen LogP contribution in [0.2, 0.25) is 0 Å². The molecule has 0 radical (unpaired) electrons. The molecule has 0 aliphatic heterocycles. The van der Waals surface area contributed by atoms with Crippen LogP contribution in [0.4, 0.5) is 4.39 Å². The van der Waals surface area contributed by atoms with Crippen molar-refractivity contribution in [3.8, 4) is 11.3 Å². The van der Waals surface area contributed by atoms with Crippen LogP contribution in [-0.4, -0.2) is 26.1 Å². The number of halogens is 1. The molecule has 1 heterocycles. The number of aryl methyl sites for hydroxylation is 1. The quantitative estimate of drug-likeness (QED) is 0.873. The van der Waals surface area contributed by atoms with E-state index in [-0.39, 0.29) is 18.8 Å². The average Bonchev–Trinajstić information content (AvgIpc) is 2.75. The van der Waals surface area contributed by atoms with E-state index in [0.29, 0.717) is 11.3 Å². The number of carboxylic acid groups (broad SMARTS) is 1. The lowest BCUT2D eigenvalue weighted by Gasteiger charge is -1.96. The summed E-state index contributed by atoms with van der Waals surface area (Å²) >= 11 is 0. The van der Waals surface area contributed by atoms with Gasteiger partial charge >= 0.3 is 5.97 Å². The van der Waals surface area contributed by atoms with Gasteiger partial charge in [0.15, 0.2) is 0 Å². The van der Waals surface area contributed by atoms with E-state index in [0.717, 1.165) is 0 Å². The summed E-state index contributed by atoms with van der Waals surface area (Å²) in [6, 6.07) is 6.00. The Bertz CT molecular complexity index is 539. The highest BCUT2D eigenvalue weighted by Gasteiger charge is 2.05. The Labute approximate surface area is 96.5 Å². The SMILES string of the molecule is O=C(O)CCn1cc(-c2cccc(F)c2)nn1. The second-order valence-corrected chi connectivity index (χ2v) is 3.52. The third-order valence-electron chi connectivity index (χ3n) is 2.21. The van der Waals surface area contributed by atoms with Crippen molar-refractivity contribution in [3.05, 3.63) is 36.3 Å². The number of hydrogen-bond donors (Lipinski definition) is 1. The molecule has 2 rings (SSSR count). The maximum absolute atomic E-state index is 13.0. The molecule has 0 aliphatic rings. The number of aromatic nitrogens is 3. The van der Waals surface area contributed by atoms with Gasteiger partial charge in [0.2, 0.25) is 0 Å². The Morgan fingerprint density at radius 2 is 2.29 bits per heavy atom. The summed E-state index contributed by atoms with van der Waals surface area (Å²) in [5.41, 5.74) is 1.14. The fourth-order valence-corrected chi connectivity index (χ4v) is 1.40. The van der Waals surface area contributed by atoms with Gasteiger partial charge in [-0.05, 0) is 12.1 Å². The fourth-order valence-electron chi connectivity index (χ4n) is 1.40. The van der Waals surface area contributed by atoms with Gasteiger partial charge in [0.25, 0.3) is 0 Å². The van der Waals surface area contributed by atoms with Crippen LogP contribution < -0.4 is 0 Å². The van der Waals surface area contributed by atoms with E-state index in [4.69, 9.17) is 5.11 Å². The van der Waals surface area contributed by atoms with E-state index in [9.17, 15) is 9.18 Å². The number of hydrogen-bond acceptors (Lipinski definition) is 3. The van der Waals surface area contributed by atoms with Crippen LogP contribution >= 0.6 is 0 Å². The first kappa shape index (κ1) is 11.3. The molecule has 5 nitrogen and oxygen atoms in total. The number of rotatable bonds is 4. The summed E-state index contributed by atoms with van der Waals surface area (Å²) in [6.07, 6.45) is 1.57. The molecule has 2 aromatic rings. The molecule has 0 spiro atoms. The highest BCUT2D eigenvalue weighted by Crippen LogP contribution is 2.16. The predicted octanol–water partition coefficient (Wildman–Crippen LogP) is 1.56. The number of benzene rings is 1. The summed E-state index contributed by atoms with van der Waals surface area (Å²) in [5, 5.41) is 16.2. The molecule has 1 aromatic heterocycles. The largest absolute Gasteiger partial charge is 0.481 e. The van der Waals surface area contributed by atoms with Crippen molar-refractivity contribution >= 4 is 5.97 Å². The first-order chi connectivity index (χ1) is 8.15. The van der Waals surface area contributed by atoms with Gasteiger partial charge in [-0.25, -0.2) is 4.39 Å². The van der Waals surface area contributed by atoms with Gasteiger partial charge in [-0.2, -0.15) is 0 Å². The Hall–Kier alpha value is -2.24. The van der Waals surface area contributed by atoms with E-state index in [2.05, 4.69) is 10.3 Å². The lowest BCUT2D eigenvalue weighted by molar-refractivity contribution is -0.137. The standard InChI is InChI=1S/C11H10FN3O2/c12-9-3-1-2-8(6-9)10-7-15(14-13-10)5-4-11(16)17/h1-3,6-7H,4-5H2,(H,16,17). The van der Waals surface area contributed by atoms with Gasteiger partial charge in [0, 0.05) is 5.56 Å². The molecule has 0 aliphatic carbocycles. The Morgan fingerprint density at radius 3 is 3.00 bits per heavy atom. The molecule has 0 saturated heterocycles. The molecular formula is C11H10FN3O2. The molecule has 1 aromatic carbocycles. The summed E-state index contributed by atoms with van der Waals surface area (Å²) in [5.74, 6) is -1.24. The summed E-state index contributed by atoms with van der Waals surface area (Å²) < 4.78 is 14.4. The normalized spacial score (nSPS) is 10.4. The van der Waals surface area contributed by atoms with Gasteiger partial charge < -0.3 is 5.11 Å². The van der Waals surface area contributed by atoms with E-state index in [1.165, 1.54) is 16.8 Å². The molecule has 0 amide bonds. The number of nitrogens with zero attached hydrogens (tertiary/aromatic N) is 3. The Morgan fingerprint density at radius 1 is 1.47 bits per heavy atom. The zero-order chi connectivity index (χ0) is 12.3. The monoisotopic (exact) mass is 235 g/mol. The lowest BCUT2D eigenvalue weighted by Crippen LogP contribution is -2.04. The molecule has 17 heavy (non-hydrogen) atoms. The van der Waals surface area contributed by atoms with Crippen LogP contribution in [-0.2, 0) is 11.3 Å². The molecule has 1 N–H and O–H groups in total. The van der Waals surface area contributed by atoms with E-state index in [1.807, 2.05) is 0 Å². The van der Waals surface area contributed by atoms with Crippen molar-refractivity contribution < 1.29 is 14.3 Å².